The molecule has 0 N–H and O–H groups in total. The van der Waals surface area contributed by atoms with Crippen LogP contribution in [-0.4, -0.2) is 63.4 Å². The Balaban J connectivity index is 1.21. The molecule has 204 valence electrons. The Kier molecular flexibility index (Phi) is 8.50. The average Bonchev–Trinajstić information content (AvgIpc) is 3.13. The van der Waals surface area contributed by atoms with Crippen molar-refractivity contribution in [2.75, 3.05) is 19.6 Å². The maximum atomic E-state index is 15.6. The van der Waals surface area contributed by atoms with Gasteiger partial charge in [0.1, 0.15) is 11.5 Å². The fraction of sp³-hybridized carbons (Fsp3) is 0.692. The van der Waals surface area contributed by atoms with E-state index in [0.29, 0.717) is 76.2 Å². The highest BCUT2D eigenvalue weighted by atomic mass is 19.4. The van der Waals surface area contributed by atoms with Gasteiger partial charge in [0.05, 0.1) is 6.42 Å². The number of aryl methyl sites for hydroxylation is 1. The Morgan fingerprint density at radius 3 is 2.62 bits per heavy atom. The second kappa shape index (κ2) is 11.4. The minimum Gasteiger partial charge on any atom is -0.465 e. The van der Waals surface area contributed by atoms with Crippen molar-refractivity contribution in [3.8, 4) is 5.88 Å². The normalized spacial score (nSPS) is 23.8. The van der Waals surface area contributed by atoms with E-state index in [4.69, 9.17) is 9.15 Å². The van der Waals surface area contributed by atoms with Gasteiger partial charge in [-0.1, -0.05) is 6.07 Å². The van der Waals surface area contributed by atoms with Crippen LogP contribution in [0, 0.1) is 12.8 Å². The number of ketones is 1. The fourth-order valence-electron chi connectivity index (χ4n) is 5.13. The lowest BCUT2D eigenvalue weighted by molar-refractivity contribution is -0.190. The molecule has 1 aliphatic carbocycles. The molecule has 0 saturated heterocycles. The summed E-state index contributed by atoms with van der Waals surface area (Å²) < 4.78 is 64.2. The number of nitrogens with zero attached hydrogens (tertiary/aromatic N) is 4. The first-order valence-electron chi connectivity index (χ1n) is 12.9. The summed E-state index contributed by atoms with van der Waals surface area (Å²) >= 11 is 0. The first kappa shape index (κ1) is 27.5. The molecule has 2 aromatic rings. The van der Waals surface area contributed by atoms with Crippen molar-refractivity contribution in [2.45, 2.75) is 89.6 Å². The third kappa shape index (κ3) is 7.72. The maximum Gasteiger partial charge on any atom is 0.425 e. The van der Waals surface area contributed by atoms with E-state index in [9.17, 15) is 18.0 Å². The number of Topliss-reactive ketones (excluding diaryl/α,β-unsaturated/α-hetero) is 1. The van der Waals surface area contributed by atoms with Gasteiger partial charge in [-0.25, -0.2) is 9.37 Å². The molecular weight excluding hydrogens is 492 g/mol. The van der Waals surface area contributed by atoms with Crippen LogP contribution >= 0.6 is 0 Å². The molecule has 3 heterocycles. The molecule has 1 aliphatic heterocycles. The van der Waals surface area contributed by atoms with E-state index in [2.05, 4.69) is 20.1 Å². The van der Waals surface area contributed by atoms with Gasteiger partial charge in [0.2, 0.25) is 17.7 Å². The number of aromatic nitrogens is 3. The number of carbonyl (C=O) groups excluding carboxylic acids is 1. The number of rotatable bonds is 9. The molecule has 1 saturated carbocycles. The molecule has 0 radical (unpaired) electrons. The lowest BCUT2D eigenvalue weighted by atomic mass is 9.76. The predicted octanol–water partition coefficient (Wildman–Crippen LogP) is 4.99. The van der Waals surface area contributed by atoms with Gasteiger partial charge in [-0.2, -0.15) is 13.2 Å². The van der Waals surface area contributed by atoms with Crippen molar-refractivity contribution in [2.24, 2.45) is 5.92 Å². The third-order valence-corrected chi connectivity index (χ3v) is 7.47. The number of fused-ring (bicyclic) bond motifs is 1. The molecule has 0 bridgehead atoms. The van der Waals surface area contributed by atoms with Crippen LogP contribution < -0.4 is 4.74 Å². The van der Waals surface area contributed by atoms with Crippen molar-refractivity contribution >= 4 is 5.78 Å². The summed E-state index contributed by atoms with van der Waals surface area (Å²) in [6.07, 6.45) is -1.88. The minimum absolute atomic E-state index is 0.0258. The number of pyridine rings is 1. The number of hydrogen-bond donors (Lipinski definition) is 0. The number of carbonyl (C=O) groups is 1. The van der Waals surface area contributed by atoms with E-state index in [1.807, 2.05) is 0 Å². The topological polar surface area (TPSA) is 81.4 Å². The number of halogens is 4. The van der Waals surface area contributed by atoms with Crippen LogP contribution in [0.1, 0.15) is 68.5 Å². The standard InChI is InChI=1S/C26H34F4N4O3/c1-17(26(28,29)30)36-23-4-3-20-7-12-34(13-8-22(20)31-23)14-11-25(27)9-5-19(6-10-25)15-21(35)16-24-33-32-18(2)37-24/h3-4,17,19H,5-16H2,1-2H3/t17-,19?,25?/m1/s1. The molecule has 11 heteroatoms. The number of hydrogen-bond acceptors (Lipinski definition) is 7. The van der Waals surface area contributed by atoms with Crippen LogP contribution in [0.5, 0.6) is 5.88 Å². The highest BCUT2D eigenvalue weighted by Crippen LogP contribution is 2.39. The molecule has 0 aromatic carbocycles. The van der Waals surface area contributed by atoms with Crippen LogP contribution in [0.4, 0.5) is 17.6 Å². The zero-order chi connectivity index (χ0) is 26.6. The second-order valence-corrected chi connectivity index (χ2v) is 10.4. The molecule has 4 rings (SSSR count). The van der Waals surface area contributed by atoms with Gasteiger partial charge < -0.3 is 14.1 Å². The largest absolute Gasteiger partial charge is 0.465 e. The van der Waals surface area contributed by atoms with Gasteiger partial charge in [-0.15, -0.1) is 10.2 Å². The lowest BCUT2D eigenvalue weighted by Gasteiger charge is -2.35. The van der Waals surface area contributed by atoms with E-state index in [1.165, 1.54) is 6.07 Å². The summed E-state index contributed by atoms with van der Waals surface area (Å²) in [6, 6.07) is 3.27. The molecule has 0 unspecified atom stereocenters. The monoisotopic (exact) mass is 526 g/mol. The zero-order valence-corrected chi connectivity index (χ0v) is 21.3. The van der Waals surface area contributed by atoms with E-state index in [-0.39, 0.29) is 24.0 Å². The first-order valence-corrected chi connectivity index (χ1v) is 12.9. The molecule has 0 spiro atoms. The van der Waals surface area contributed by atoms with Crippen molar-refractivity contribution in [1.29, 1.82) is 0 Å². The quantitative estimate of drug-likeness (QED) is 0.426. The predicted molar refractivity (Wildman–Crippen MR) is 127 cm³/mol. The molecule has 1 atom stereocenters. The molecule has 2 aliphatic rings. The highest BCUT2D eigenvalue weighted by Gasteiger charge is 2.39. The van der Waals surface area contributed by atoms with E-state index < -0.39 is 17.9 Å². The van der Waals surface area contributed by atoms with Gasteiger partial charge >= 0.3 is 6.18 Å². The van der Waals surface area contributed by atoms with Crippen molar-refractivity contribution in [3.05, 3.63) is 35.2 Å². The van der Waals surface area contributed by atoms with Gasteiger partial charge in [-0.3, -0.25) is 4.79 Å². The van der Waals surface area contributed by atoms with Crippen LogP contribution in [-0.2, 0) is 24.1 Å². The fourth-order valence-corrected chi connectivity index (χ4v) is 5.13. The van der Waals surface area contributed by atoms with Gasteiger partial charge in [-0.05, 0) is 56.9 Å². The third-order valence-electron chi connectivity index (χ3n) is 7.47. The molecule has 7 nitrogen and oxygen atoms in total. The van der Waals surface area contributed by atoms with Crippen LogP contribution in [0.2, 0.25) is 0 Å². The van der Waals surface area contributed by atoms with E-state index in [0.717, 1.165) is 24.7 Å². The minimum atomic E-state index is -4.45. The zero-order valence-electron chi connectivity index (χ0n) is 21.3. The van der Waals surface area contributed by atoms with Crippen LogP contribution in [0.25, 0.3) is 0 Å². The molecule has 0 amide bonds. The molecule has 37 heavy (non-hydrogen) atoms. The van der Waals surface area contributed by atoms with E-state index >= 15 is 4.39 Å². The van der Waals surface area contributed by atoms with Crippen LogP contribution in [0.3, 0.4) is 0 Å². The van der Waals surface area contributed by atoms with E-state index in [1.54, 1.807) is 13.0 Å². The lowest BCUT2D eigenvalue weighted by Crippen LogP contribution is -2.36. The highest BCUT2D eigenvalue weighted by molar-refractivity contribution is 5.80. The molecular formula is C26H34F4N4O3. The average molecular weight is 527 g/mol. The number of ether oxygens (including phenoxy) is 1. The summed E-state index contributed by atoms with van der Waals surface area (Å²) in [7, 11) is 0. The summed E-state index contributed by atoms with van der Waals surface area (Å²) in [5.74, 6) is 0.950. The Morgan fingerprint density at radius 1 is 1.22 bits per heavy atom. The molecule has 2 aromatic heterocycles. The van der Waals surface area contributed by atoms with Gasteiger partial charge in [0.15, 0.2) is 6.10 Å². The summed E-state index contributed by atoms with van der Waals surface area (Å²) in [5.41, 5.74) is 0.491. The second-order valence-electron chi connectivity index (χ2n) is 10.4. The smallest absolute Gasteiger partial charge is 0.425 e. The Bertz CT molecular complexity index is 1070. The summed E-state index contributed by atoms with van der Waals surface area (Å²) in [5, 5.41) is 7.60. The Hall–Kier alpha value is -2.56. The number of alkyl halides is 4. The summed E-state index contributed by atoms with van der Waals surface area (Å²) in [6.45, 7) is 4.66. The molecule has 1 fully saturated rings. The Labute approximate surface area is 214 Å². The SMILES string of the molecule is Cc1nnc(CC(=O)CC2CCC(F)(CCN3CCc4ccc(O[C@H](C)C(F)(F)F)nc4CC3)CC2)o1. The van der Waals surface area contributed by atoms with Gasteiger partial charge in [0.25, 0.3) is 0 Å². The van der Waals surface area contributed by atoms with Crippen molar-refractivity contribution in [1.82, 2.24) is 20.1 Å². The van der Waals surface area contributed by atoms with Crippen molar-refractivity contribution in [3.63, 3.8) is 0 Å². The van der Waals surface area contributed by atoms with Crippen molar-refractivity contribution < 1.29 is 31.5 Å². The maximum absolute atomic E-state index is 15.6. The summed E-state index contributed by atoms with van der Waals surface area (Å²) in [4.78, 5) is 18.9. The first-order chi connectivity index (χ1) is 17.5. The Morgan fingerprint density at radius 2 is 1.95 bits per heavy atom. The van der Waals surface area contributed by atoms with Crippen LogP contribution in [0.15, 0.2) is 16.5 Å². The van der Waals surface area contributed by atoms with Gasteiger partial charge in [0, 0.05) is 51.2 Å².